The van der Waals surface area contributed by atoms with Crippen LogP contribution in [0.5, 0.6) is 5.75 Å². The molecule has 2 N–H and O–H groups in total. The molecule has 0 bridgehead atoms. The molecule has 0 saturated carbocycles. The van der Waals surface area contributed by atoms with E-state index in [1.807, 2.05) is 12.1 Å². The largest absolute Gasteiger partial charge is 0.493 e. The molecule has 112 valence electrons. The van der Waals surface area contributed by atoms with Gasteiger partial charge in [0.25, 0.3) is 0 Å². The zero-order valence-corrected chi connectivity index (χ0v) is 12.6. The Bertz CT molecular complexity index is 415. The first-order valence-corrected chi connectivity index (χ1v) is 7.62. The van der Waals surface area contributed by atoms with Gasteiger partial charge in [0.2, 0.25) is 0 Å². The molecule has 1 aliphatic heterocycles. The summed E-state index contributed by atoms with van der Waals surface area (Å²) in [5.74, 6) is 0.869. The molecule has 1 heterocycles. The van der Waals surface area contributed by atoms with E-state index < -0.39 is 0 Å². The van der Waals surface area contributed by atoms with Crippen molar-refractivity contribution < 1.29 is 9.47 Å². The fourth-order valence-electron chi connectivity index (χ4n) is 2.61. The maximum absolute atomic E-state index is 5.98. The molecule has 0 aliphatic carbocycles. The molecule has 1 saturated heterocycles. The van der Waals surface area contributed by atoms with Crippen LogP contribution in [0.1, 0.15) is 33.1 Å². The topological polar surface area (TPSA) is 47.7 Å². The molecule has 20 heavy (non-hydrogen) atoms. The first kappa shape index (κ1) is 15.0. The summed E-state index contributed by atoms with van der Waals surface area (Å²) in [5, 5.41) is 0. The third-order valence-corrected chi connectivity index (χ3v) is 3.60. The number of rotatable bonds is 6. The zero-order valence-electron chi connectivity index (χ0n) is 12.6. The van der Waals surface area contributed by atoms with Gasteiger partial charge in [0.15, 0.2) is 0 Å². The van der Waals surface area contributed by atoms with E-state index in [0.717, 1.165) is 62.7 Å². The Morgan fingerprint density at radius 2 is 1.95 bits per heavy atom. The van der Waals surface area contributed by atoms with Gasteiger partial charge in [0.1, 0.15) is 5.75 Å². The first-order valence-electron chi connectivity index (χ1n) is 7.62. The van der Waals surface area contributed by atoms with E-state index in [0.29, 0.717) is 6.10 Å². The summed E-state index contributed by atoms with van der Waals surface area (Å²) < 4.78 is 11.4. The summed E-state index contributed by atoms with van der Waals surface area (Å²) in [6, 6.07) is 6.01. The summed E-state index contributed by atoms with van der Waals surface area (Å²) in [6.07, 6.45) is 3.57. The highest BCUT2D eigenvalue weighted by Gasteiger charge is 2.20. The molecule has 2 rings (SSSR count). The number of ether oxygens (including phenoxy) is 2. The number of hydrogen-bond donors (Lipinski definition) is 1. The highest BCUT2D eigenvalue weighted by atomic mass is 16.5. The summed E-state index contributed by atoms with van der Waals surface area (Å²) in [7, 11) is 0. The lowest BCUT2D eigenvalue weighted by molar-refractivity contribution is 0.0459. The van der Waals surface area contributed by atoms with E-state index in [4.69, 9.17) is 15.2 Å². The van der Waals surface area contributed by atoms with Crippen molar-refractivity contribution in [3.8, 4) is 5.75 Å². The minimum Gasteiger partial charge on any atom is -0.493 e. The Kier molecular flexibility index (Phi) is 5.53. The fraction of sp³-hybridized carbons (Fsp3) is 0.625. The van der Waals surface area contributed by atoms with Crippen molar-refractivity contribution >= 4 is 11.4 Å². The van der Waals surface area contributed by atoms with E-state index in [-0.39, 0.29) is 0 Å². The highest BCUT2D eigenvalue weighted by molar-refractivity contribution is 5.60. The van der Waals surface area contributed by atoms with Gasteiger partial charge in [0, 0.05) is 43.2 Å². The summed E-state index contributed by atoms with van der Waals surface area (Å²) in [4.78, 5) is 2.37. The summed E-state index contributed by atoms with van der Waals surface area (Å²) in [5.41, 5.74) is 7.90. The Labute approximate surface area is 121 Å². The van der Waals surface area contributed by atoms with Crippen LogP contribution in [-0.2, 0) is 4.74 Å². The van der Waals surface area contributed by atoms with Crippen LogP contribution in [0.25, 0.3) is 0 Å². The lowest BCUT2D eigenvalue weighted by Crippen LogP contribution is -2.37. The third-order valence-electron chi connectivity index (χ3n) is 3.60. The van der Waals surface area contributed by atoms with Crippen LogP contribution in [0.4, 0.5) is 11.4 Å². The molecule has 1 fully saturated rings. The predicted molar refractivity (Wildman–Crippen MR) is 83.5 cm³/mol. The molecule has 4 heteroatoms. The Hall–Kier alpha value is -1.42. The van der Waals surface area contributed by atoms with Crippen molar-refractivity contribution in [1.82, 2.24) is 0 Å². The second-order valence-corrected chi connectivity index (χ2v) is 5.25. The van der Waals surface area contributed by atoms with Gasteiger partial charge in [-0.3, -0.25) is 0 Å². The number of benzene rings is 1. The van der Waals surface area contributed by atoms with Gasteiger partial charge in [-0.05, 0) is 32.3 Å². The lowest BCUT2D eigenvalue weighted by Gasteiger charge is -2.33. The molecule has 0 amide bonds. The number of anilines is 2. The number of nitrogens with zero attached hydrogens (tertiary/aromatic N) is 1. The van der Waals surface area contributed by atoms with Crippen molar-refractivity contribution in [3.05, 3.63) is 18.2 Å². The van der Waals surface area contributed by atoms with Crippen LogP contribution >= 0.6 is 0 Å². The van der Waals surface area contributed by atoms with E-state index in [2.05, 4.69) is 24.8 Å². The van der Waals surface area contributed by atoms with Crippen LogP contribution in [0, 0.1) is 0 Å². The van der Waals surface area contributed by atoms with Gasteiger partial charge in [0.05, 0.1) is 12.7 Å². The van der Waals surface area contributed by atoms with Crippen molar-refractivity contribution in [2.45, 2.75) is 39.2 Å². The van der Waals surface area contributed by atoms with Gasteiger partial charge < -0.3 is 20.1 Å². The second kappa shape index (κ2) is 7.39. The Morgan fingerprint density at radius 3 is 2.60 bits per heavy atom. The molecule has 1 aromatic rings. The molecular formula is C16H26N2O2. The van der Waals surface area contributed by atoms with Gasteiger partial charge in [-0.15, -0.1) is 0 Å². The number of hydrogen-bond acceptors (Lipinski definition) is 4. The SMILES string of the molecule is CCCOc1cc(N)cc(N2CCC(OCC)CC2)c1. The summed E-state index contributed by atoms with van der Waals surface area (Å²) >= 11 is 0. The third kappa shape index (κ3) is 4.04. The standard InChI is InChI=1S/C16H26N2O2/c1-3-9-20-16-11-13(17)10-14(12-16)18-7-5-15(6-8-18)19-4-2/h10-12,15H,3-9,17H2,1-2H3. The molecule has 0 spiro atoms. The smallest absolute Gasteiger partial charge is 0.123 e. The zero-order chi connectivity index (χ0) is 14.4. The Balaban J connectivity index is 2.00. The molecule has 0 radical (unpaired) electrons. The first-order chi connectivity index (χ1) is 9.72. The second-order valence-electron chi connectivity index (χ2n) is 5.25. The fourth-order valence-corrected chi connectivity index (χ4v) is 2.61. The van der Waals surface area contributed by atoms with Crippen LogP contribution in [-0.4, -0.2) is 32.4 Å². The van der Waals surface area contributed by atoms with Crippen molar-refractivity contribution in [2.24, 2.45) is 0 Å². The number of nitrogens with two attached hydrogens (primary N) is 1. The maximum Gasteiger partial charge on any atom is 0.123 e. The van der Waals surface area contributed by atoms with Crippen LogP contribution < -0.4 is 15.4 Å². The minimum absolute atomic E-state index is 0.410. The van der Waals surface area contributed by atoms with Crippen molar-refractivity contribution in [2.75, 3.05) is 36.9 Å². The van der Waals surface area contributed by atoms with Crippen LogP contribution in [0.2, 0.25) is 0 Å². The molecule has 4 nitrogen and oxygen atoms in total. The van der Waals surface area contributed by atoms with Crippen molar-refractivity contribution in [1.29, 1.82) is 0 Å². The molecule has 0 aromatic heterocycles. The van der Waals surface area contributed by atoms with E-state index in [9.17, 15) is 0 Å². The normalized spacial score (nSPS) is 16.4. The maximum atomic E-state index is 5.98. The molecule has 0 unspecified atom stereocenters. The Morgan fingerprint density at radius 1 is 1.20 bits per heavy atom. The minimum atomic E-state index is 0.410. The van der Waals surface area contributed by atoms with Gasteiger partial charge >= 0.3 is 0 Å². The monoisotopic (exact) mass is 278 g/mol. The molecular weight excluding hydrogens is 252 g/mol. The quantitative estimate of drug-likeness (QED) is 0.812. The number of piperidine rings is 1. The van der Waals surface area contributed by atoms with Gasteiger partial charge in [-0.2, -0.15) is 0 Å². The number of nitrogen functional groups attached to an aromatic ring is 1. The van der Waals surface area contributed by atoms with Crippen LogP contribution in [0.3, 0.4) is 0 Å². The molecule has 1 aliphatic rings. The summed E-state index contributed by atoms with van der Waals surface area (Å²) in [6.45, 7) is 7.73. The lowest BCUT2D eigenvalue weighted by atomic mass is 10.1. The van der Waals surface area contributed by atoms with E-state index in [1.54, 1.807) is 0 Å². The average Bonchev–Trinajstić information content (AvgIpc) is 2.46. The van der Waals surface area contributed by atoms with Crippen LogP contribution in [0.15, 0.2) is 18.2 Å². The highest BCUT2D eigenvalue weighted by Crippen LogP contribution is 2.28. The predicted octanol–water partition coefficient (Wildman–Crippen LogP) is 3.06. The van der Waals surface area contributed by atoms with Crippen molar-refractivity contribution in [3.63, 3.8) is 0 Å². The van der Waals surface area contributed by atoms with Gasteiger partial charge in [-0.25, -0.2) is 0 Å². The van der Waals surface area contributed by atoms with E-state index in [1.165, 1.54) is 0 Å². The van der Waals surface area contributed by atoms with E-state index >= 15 is 0 Å². The molecule has 0 atom stereocenters. The van der Waals surface area contributed by atoms with Gasteiger partial charge in [-0.1, -0.05) is 6.92 Å². The average molecular weight is 278 g/mol. The molecule has 1 aromatic carbocycles.